The summed E-state index contributed by atoms with van der Waals surface area (Å²) in [5.74, 6) is -0.532. The Hall–Kier alpha value is -4.06. The fraction of sp³-hybridized carbons (Fsp3) is 0.0667. The zero-order valence-corrected chi connectivity index (χ0v) is 21.0. The van der Waals surface area contributed by atoms with Gasteiger partial charge in [-0.1, -0.05) is 77.8 Å². The number of aliphatic carboxylic acids is 1. The fourth-order valence-corrected chi connectivity index (χ4v) is 4.83. The summed E-state index contributed by atoms with van der Waals surface area (Å²) in [5, 5.41) is 10.9. The number of nitrogens with zero attached hydrogens (tertiary/aromatic N) is 1. The SMILES string of the molecule is O=C(O)[C@H](Cc1ccccc1)N(C(=O)c1ccc(Cl)cc1Cl)c1ccccc1-c1ccc2cccc-2o1. The van der Waals surface area contributed by atoms with Gasteiger partial charge in [0.15, 0.2) is 0 Å². The number of fused-ring (bicyclic) bond motifs is 1. The Morgan fingerprint density at radius 3 is 2.32 bits per heavy atom. The summed E-state index contributed by atoms with van der Waals surface area (Å²) in [4.78, 5) is 28.1. The van der Waals surface area contributed by atoms with Gasteiger partial charge in [-0.25, -0.2) is 4.79 Å². The molecule has 0 saturated carbocycles. The van der Waals surface area contributed by atoms with Crippen LogP contribution in [0.1, 0.15) is 15.9 Å². The van der Waals surface area contributed by atoms with Crippen molar-refractivity contribution in [1.29, 1.82) is 0 Å². The number of carbonyl (C=O) groups is 2. The van der Waals surface area contributed by atoms with Crippen LogP contribution in [0, 0.1) is 0 Å². The van der Waals surface area contributed by atoms with E-state index in [-0.39, 0.29) is 17.0 Å². The molecule has 0 fully saturated rings. The summed E-state index contributed by atoms with van der Waals surface area (Å²) in [7, 11) is 0. The van der Waals surface area contributed by atoms with Gasteiger partial charge in [-0.05, 0) is 54.1 Å². The second-order valence-electron chi connectivity index (χ2n) is 8.51. The molecule has 5 nitrogen and oxygen atoms in total. The predicted molar refractivity (Wildman–Crippen MR) is 146 cm³/mol. The van der Waals surface area contributed by atoms with Gasteiger partial charge in [0.25, 0.3) is 5.91 Å². The van der Waals surface area contributed by atoms with Crippen LogP contribution in [0.4, 0.5) is 5.69 Å². The molecule has 3 aromatic rings. The summed E-state index contributed by atoms with van der Waals surface area (Å²) in [6.45, 7) is 0. The van der Waals surface area contributed by atoms with Gasteiger partial charge in [-0.15, -0.1) is 0 Å². The number of amides is 1. The molecule has 3 aromatic carbocycles. The van der Waals surface area contributed by atoms with Crippen molar-refractivity contribution in [2.45, 2.75) is 12.5 Å². The number of carboxylic acids is 1. The van der Waals surface area contributed by atoms with E-state index < -0.39 is 17.9 Å². The Morgan fingerprint density at radius 1 is 0.811 bits per heavy atom. The first-order valence-electron chi connectivity index (χ1n) is 11.6. The molecule has 0 aromatic heterocycles. The van der Waals surface area contributed by atoms with Gasteiger partial charge in [-0.2, -0.15) is 0 Å². The highest BCUT2D eigenvalue weighted by molar-refractivity contribution is 6.37. The second-order valence-corrected chi connectivity index (χ2v) is 9.35. The normalized spacial score (nSPS) is 11.8. The predicted octanol–water partition coefficient (Wildman–Crippen LogP) is 7.70. The molecular formula is C30H21Cl2NO4. The molecule has 1 N–H and O–H groups in total. The van der Waals surface area contributed by atoms with E-state index in [0.29, 0.717) is 27.8 Å². The molecule has 37 heavy (non-hydrogen) atoms. The highest BCUT2D eigenvalue weighted by Crippen LogP contribution is 2.37. The Bertz CT molecular complexity index is 1550. The molecule has 184 valence electrons. The van der Waals surface area contributed by atoms with Crippen LogP contribution in [0.15, 0.2) is 108 Å². The minimum atomic E-state index is -1.23. The van der Waals surface area contributed by atoms with E-state index in [4.69, 9.17) is 27.6 Å². The summed E-state index contributed by atoms with van der Waals surface area (Å²) in [5.41, 5.74) is 2.81. The number of carboxylic acid groups (broad SMARTS) is 1. The number of hydrogen-bond acceptors (Lipinski definition) is 3. The number of hydrogen-bond donors (Lipinski definition) is 1. The maximum atomic E-state index is 14.1. The van der Waals surface area contributed by atoms with Crippen molar-refractivity contribution >= 4 is 40.8 Å². The van der Waals surface area contributed by atoms with E-state index in [9.17, 15) is 14.7 Å². The minimum absolute atomic E-state index is 0.0838. The number of benzene rings is 3. The van der Waals surface area contributed by atoms with Crippen molar-refractivity contribution < 1.29 is 19.1 Å². The lowest BCUT2D eigenvalue weighted by atomic mass is 10.00. The third kappa shape index (κ3) is 5.10. The van der Waals surface area contributed by atoms with Gasteiger partial charge < -0.3 is 9.52 Å². The molecule has 0 unspecified atom stereocenters. The first-order chi connectivity index (χ1) is 17.9. The molecule has 1 atom stereocenters. The Kier molecular flexibility index (Phi) is 6.99. The summed E-state index contributed by atoms with van der Waals surface area (Å²) >= 11 is 12.5. The van der Waals surface area contributed by atoms with Crippen LogP contribution in [0.3, 0.4) is 0 Å². The highest BCUT2D eigenvalue weighted by atomic mass is 35.5. The first kappa shape index (κ1) is 24.6. The van der Waals surface area contributed by atoms with E-state index in [1.165, 1.54) is 17.0 Å². The smallest absolute Gasteiger partial charge is 0.327 e. The number of rotatable bonds is 7. The monoisotopic (exact) mass is 529 g/mol. The molecule has 1 aliphatic heterocycles. The zero-order valence-electron chi connectivity index (χ0n) is 19.5. The van der Waals surface area contributed by atoms with E-state index in [1.54, 1.807) is 24.3 Å². The van der Waals surface area contributed by atoms with Crippen LogP contribution in [0.25, 0.3) is 22.6 Å². The summed E-state index contributed by atoms with van der Waals surface area (Å²) in [6.07, 6.45) is 0.0838. The van der Waals surface area contributed by atoms with E-state index in [2.05, 4.69) is 0 Å². The molecule has 7 heteroatoms. The van der Waals surface area contributed by atoms with Gasteiger partial charge in [0.2, 0.25) is 0 Å². The van der Waals surface area contributed by atoms with E-state index >= 15 is 0 Å². The van der Waals surface area contributed by atoms with Crippen molar-refractivity contribution in [1.82, 2.24) is 0 Å². The third-order valence-electron chi connectivity index (χ3n) is 6.12. The van der Waals surface area contributed by atoms with Gasteiger partial charge in [0.1, 0.15) is 17.6 Å². The molecule has 0 radical (unpaired) electrons. The first-order valence-corrected chi connectivity index (χ1v) is 12.3. The van der Waals surface area contributed by atoms with E-state index in [1.807, 2.05) is 66.7 Å². The van der Waals surface area contributed by atoms with Crippen LogP contribution in [0.5, 0.6) is 0 Å². The van der Waals surface area contributed by atoms with Crippen molar-refractivity contribution in [3.63, 3.8) is 0 Å². The van der Waals surface area contributed by atoms with Crippen LogP contribution in [0.2, 0.25) is 10.0 Å². The van der Waals surface area contributed by atoms with Gasteiger partial charge >= 0.3 is 5.97 Å². The third-order valence-corrected chi connectivity index (χ3v) is 6.67. The number of carbonyl (C=O) groups excluding carboxylic acids is 1. The molecule has 5 rings (SSSR count). The van der Waals surface area contributed by atoms with Crippen molar-refractivity contribution in [3.05, 3.63) is 124 Å². The van der Waals surface area contributed by atoms with Crippen molar-refractivity contribution in [3.8, 4) is 22.6 Å². The molecule has 2 aliphatic rings. The maximum absolute atomic E-state index is 14.1. The Balaban J connectivity index is 1.69. The quantitative estimate of drug-likeness (QED) is 0.234. The standard InChI is InChI=1S/C30H21Cl2NO4/c31-21-14-15-22(24(32)18-21)29(34)33(26(30(35)36)17-19-7-2-1-3-8-19)25-11-5-4-10-23(25)28-16-13-20-9-6-12-27(20)37-28/h1-16,18,26H,17H2,(H,35,36)/t26-/m0/s1. The van der Waals surface area contributed by atoms with Crippen LogP contribution < -0.4 is 4.90 Å². The molecule has 0 spiro atoms. The van der Waals surface area contributed by atoms with Crippen molar-refractivity contribution in [2.24, 2.45) is 0 Å². The highest BCUT2D eigenvalue weighted by Gasteiger charge is 2.34. The number of halogens is 2. The summed E-state index contributed by atoms with van der Waals surface area (Å²) in [6, 6.07) is 29.0. The lowest BCUT2D eigenvalue weighted by molar-refractivity contribution is -0.138. The molecule has 1 amide bonds. The van der Waals surface area contributed by atoms with Gasteiger partial charge in [-0.3, -0.25) is 9.69 Å². The number of anilines is 1. The van der Waals surface area contributed by atoms with Crippen molar-refractivity contribution in [2.75, 3.05) is 4.90 Å². The molecule has 1 aliphatic carbocycles. The average Bonchev–Trinajstić information content (AvgIpc) is 3.37. The zero-order chi connectivity index (χ0) is 25.9. The fourth-order valence-electron chi connectivity index (χ4n) is 4.34. The Morgan fingerprint density at radius 2 is 1.57 bits per heavy atom. The Labute approximate surface area is 223 Å². The lowest BCUT2D eigenvalue weighted by Gasteiger charge is -2.31. The molecule has 0 bridgehead atoms. The molecule has 1 heterocycles. The van der Waals surface area contributed by atoms with E-state index in [0.717, 1.165) is 11.1 Å². The average molecular weight is 530 g/mol. The molecule has 0 saturated heterocycles. The van der Waals surface area contributed by atoms with Crippen LogP contribution in [-0.2, 0) is 11.2 Å². The van der Waals surface area contributed by atoms with Crippen LogP contribution in [-0.4, -0.2) is 23.0 Å². The van der Waals surface area contributed by atoms with Crippen LogP contribution >= 0.6 is 23.2 Å². The lowest BCUT2D eigenvalue weighted by Crippen LogP contribution is -2.47. The largest absolute Gasteiger partial charge is 0.480 e. The van der Waals surface area contributed by atoms with Gasteiger partial charge in [0.05, 0.1) is 16.3 Å². The minimum Gasteiger partial charge on any atom is -0.480 e. The van der Waals surface area contributed by atoms with Gasteiger partial charge in [0, 0.05) is 22.6 Å². The summed E-state index contributed by atoms with van der Waals surface area (Å²) < 4.78 is 6.13. The second kappa shape index (κ2) is 10.5. The number of para-hydroxylation sites is 1. The maximum Gasteiger partial charge on any atom is 0.327 e. The topological polar surface area (TPSA) is 70.8 Å². The molecular weight excluding hydrogens is 509 g/mol.